The van der Waals surface area contributed by atoms with Crippen molar-refractivity contribution in [2.75, 3.05) is 12.5 Å². The molecule has 1 aromatic heterocycles. The third-order valence-corrected chi connectivity index (χ3v) is 3.12. The summed E-state index contributed by atoms with van der Waals surface area (Å²) in [7, 11) is 1.86. The van der Waals surface area contributed by atoms with E-state index in [0.717, 1.165) is 5.82 Å². The molecule has 0 radical (unpaired) electrons. The van der Waals surface area contributed by atoms with Crippen LogP contribution in [0.25, 0.3) is 0 Å². The van der Waals surface area contributed by atoms with Crippen LogP contribution in [0, 0.1) is 0 Å². The number of nitrogens with one attached hydrogen (secondary N) is 1. The van der Waals surface area contributed by atoms with Crippen molar-refractivity contribution in [2.24, 2.45) is 7.05 Å². The van der Waals surface area contributed by atoms with Crippen molar-refractivity contribution < 1.29 is 14.3 Å². The molecule has 1 aromatic carbocycles. The molecule has 0 unspecified atom stereocenters. The minimum absolute atomic E-state index is 0.146. The molecule has 0 aliphatic carbocycles. The first-order valence-electron chi connectivity index (χ1n) is 6.08. The summed E-state index contributed by atoms with van der Waals surface area (Å²) in [6, 6.07) is 3.18. The maximum absolute atomic E-state index is 12.1. The number of amides is 1. The molecule has 3 N–H and O–H groups in total. The molecule has 2 heterocycles. The van der Waals surface area contributed by atoms with E-state index in [0.29, 0.717) is 29.3 Å². The number of benzene rings is 1. The van der Waals surface area contributed by atoms with Gasteiger partial charge in [-0.25, -0.2) is 4.98 Å². The van der Waals surface area contributed by atoms with Crippen LogP contribution in [0.2, 0.25) is 0 Å². The van der Waals surface area contributed by atoms with Gasteiger partial charge in [0.05, 0.1) is 12.1 Å². The standard InChI is InChI=1S/C13H14N4O3/c1-17-3-2-15-12(17)6-16-13(18)8-4-10-11(5-9(8)14)20-7-19-10/h2-5H,6-7,14H2,1H3,(H,16,18). The molecule has 1 aliphatic heterocycles. The number of ether oxygens (including phenoxy) is 2. The number of aryl methyl sites for hydroxylation is 1. The number of nitrogen functional groups attached to an aromatic ring is 1. The van der Waals surface area contributed by atoms with Gasteiger partial charge in [-0.1, -0.05) is 0 Å². The van der Waals surface area contributed by atoms with Crippen LogP contribution in [0.5, 0.6) is 11.5 Å². The lowest BCUT2D eigenvalue weighted by Gasteiger charge is -2.08. The molecule has 0 saturated carbocycles. The van der Waals surface area contributed by atoms with E-state index < -0.39 is 0 Å². The minimum atomic E-state index is -0.274. The first-order valence-corrected chi connectivity index (χ1v) is 6.08. The van der Waals surface area contributed by atoms with Crippen LogP contribution in [0.3, 0.4) is 0 Å². The molecule has 0 spiro atoms. The summed E-state index contributed by atoms with van der Waals surface area (Å²) in [6.07, 6.45) is 3.49. The maximum Gasteiger partial charge on any atom is 0.253 e. The molecule has 0 fully saturated rings. The van der Waals surface area contributed by atoms with Crippen LogP contribution >= 0.6 is 0 Å². The third-order valence-electron chi connectivity index (χ3n) is 3.12. The Labute approximate surface area is 115 Å². The largest absolute Gasteiger partial charge is 0.454 e. The number of nitrogens with zero attached hydrogens (tertiary/aromatic N) is 2. The molecule has 1 aliphatic rings. The van der Waals surface area contributed by atoms with Gasteiger partial charge in [0.2, 0.25) is 6.79 Å². The van der Waals surface area contributed by atoms with Crippen molar-refractivity contribution in [3.63, 3.8) is 0 Å². The Hall–Kier alpha value is -2.70. The van der Waals surface area contributed by atoms with Gasteiger partial charge in [-0.2, -0.15) is 0 Å². The highest BCUT2D eigenvalue weighted by atomic mass is 16.7. The van der Waals surface area contributed by atoms with E-state index in [1.807, 2.05) is 17.8 Å². The fourth-order valence-electron chi connectivity index (χ4n) is 1.98. The number of anilines is 1. The van der Waals surface area contributed by atoms with Gasteiger partial charge in [0.15, 0.2) is 11.5 Å². The smallest absolute Gasteiger partial charge is 0.253 e. The van der Waals surface area contributed by atoms with E-state index in [1.165, 1.54) is 0 Å². The number of fused-ring (bicyclic) bond motifs is 1. The summed E-state index contributed by atoms with van der Waals surface area (Å²) in [5, 5.41) is 2.78. The number of hydrogen-bond acceptors (Lipinski definition) is 5. The number of aromatic nitrogens is 2. The SMILES string of the molecule is Cn1ccnc1CNC(=O)c1cc2c(cc1N)OCO2. The van der Waals surface area contributed by atoms with Crippen molar-refractivity contribution in [1.29, 1.82) is 0 Å². The fourth-order valence-corrected chi connectivity index (χ4v) is 1.98. The number of hydrogen-bond donors (Lipinski definition) is 2. The van der Waals surface area contributed by atoms with Gasteiger partial charge in [0.25, 0.3) is 5.91 Å². The van der Waals surface area contributed by atoms with E-state index in [1.54, 1.807) is 18.3 Å². The van der Waals surface area contributed by atoms with Gasteiger partial charge in [0, 0.05) is 31.2 Å². The van der Waals surface area contributed by atoms with E-state index in [-0.39, 0.29) is 12.7 Å². The quantitative estimate of drug-likeness (QED) is 0.802. The lowest BCUT2D eigenvalue weighted by Crippen LogP contribution is -2.25. The summed E-state index contributed by atoms with van der Waals surface area (Å²) in [6.45, 7) is 0.476. The Bertz CT molecular complexity index is 666. The Kier molecular flexibility index (Phi) is 2.94. The summed E-state index contributed by atoms with van der Waals surface area (Å²) in [4.78, 5) is 16.3. The average Bonchev–Trinajstić information content (AvgIpc) is 3.03. The highest BCUT2D eigenvalue weighted by Gasteiger charge is 2.19. The number of rotatable bonds is 3. The zero-order chi connectivity index (χ0) is 14.1. The second-order valence-corrected chi connectivity index (χ2v) is 4.43. The molecule has 1 amide bonds. The van der Waals surface area contributed by atoms with E-state index >= 15 is 0 Å². The van der Waals surface area contributed by atoms with Crippen molar-refractivity contribution >= 4 is 11.6 Å². The number of carbonyl (C=O) groups excluding carboxylic acids is 1. The summed E-state index contributed by atoms with van der Waals surface area (Å²) < 4.78 is 12.3. The first kappa shape index (κ1) is 12.3. The average molecular weight is 274 g/mol. The van der Waals surface area contributed by atoms with Gasteiger partial charge in [0.1, 0.15) is 5.82 Å². The van der Waals surface area contributed by atoms with Gasteiger partial charge in [-0.15, -0.1) is 0 Å². The maximum atomic E-state index is 12.1. The highest BCUT2D eigenvalue weighted by Crippen LogP contribution is 2.35. The van der Waals surface area contributed by atoms with Crippen LogP contribution in [0.4, 0.5) is 5.69 Å². The van der Waals surface area contributed by atoms with Crippen LogP contribution in [0.15, 0.2) is 24.5 Å². The second-order valence-electron chi connectivity index (χ2n) is 4.43. The van der Waals surface area contributed by atoms with Crippen molar-refractivity contribution in [3.8, 4) is 11.5 Å². The van der Waals surface area contributed by atoms with Gasteiger partial charge >= 0.3 is 0 Å². The summed E-state index contributed by atoms with van der Waals surface area (Å²) in [5.74, 6) is 1.57. The highest BCUT2D eigenvalue weighted by molar-refractivity contribution is 6.00. The Morgan fingerprint density at radius 2 is 2.20 bits per heavy atom. The van der Waals surface area contributed by atoms with Gasteiger partial charge < -0.3 is 25.1 Å². The molecule has 3 rings (SSSR count). The fraction of sp³-hybridized carbons (Fsp3) is 0.231. The van der Waals surface area contributed by atoms with Gasteiger partial charge in [-0.05, 0) is 6.07 Å². The molecular formula is C13H14N4O3. The number of carbonyl (C=O) groups is 1. The number of nitrogens with two attached hydrogens (primary N) is 1. The predicted octanol–water partition coefficient (Wildman–Crippen LogP) is 0.661. The van der Waals surface area contributed by atoms with Crippen molar-refractivity contribution in [1.82, 2.24) is 14.9 Å². The molecule has 0 saturated heterocycles. The van der Waals surface area contributed by atoms with Crippen molar-refractivity contribution in [3.05, 3.63) is 35.9 Å². The van der Waals surface area contributed by atoms with Crippen LogP contribution in [-0.4, -0.2) is 22.3 Å². The molecule has 7 heteroatoms. The number of imidazole rings is 1. The Balaban J connectivity index is 1.76. The molecule has 20 heavy (non-hydrogen) atoms. The molecule has 7 nitrogen and oxygen atoms in total. The summed E-state index contributed by atoms with van der Waals surface area (Å²) in [5.41, 5.74) is 6.57. The van der Waals surface area contributed by atoms with Crippen molar-refractivity contribution in [2.45, 2.75) is 6.54 Å². The second kappa shape index (κ2) is 4.76. The topological polar surface area (TPSA) is 91.4 Å². The Morgan fingerprint density at radius 1 is 1.45 bits per heavy atom. The lowest BCUT2D eigenvalue weighted by atomic mass is 10.1. The third kappa shape index (κ3) is 2.13. The molecular weight excluding hydrogens is 260 g/mol. The van der Waals surface area contributed by atoms with E-state index in [2.05, 4.69) is 10.3 Å². The lowest BCUT2D eigenvalue weighted by molar-refractivity contribution is 0.0950. The van der Waals surface area contributed by atoms with E-state index in [9.17, 15) is 4.79 Å². The van der Waals surface area contributed by atoms with Gasteiger partial charge in [-0.3, -0.25) is 4.79 Å². The first-order chi connectivity index (χ1) is 9.65. The minimum Gasteiger partial charge on any atom is -0.454 e. The molecule has 0 bridgehead atoms. The molecule has 0 atom stereocenters. The monoisotopic (exact) mass is 274 g/mol. The van der Waals surface area contributed by atoms with Crippen LogP contribution in [0.1, 0.15) is 16.2 Å². The van der Waals surface area contributed by atoms with Crippen LogP contribution in [-0.2, 0) is 13.6 Å². The molecule has 104 valence electrons. The normalized spacial score (nSPS) is 12.4. The molecule has 2 aromatic rings. The predicted molar refractivity (Wildman–Crippen MR) is 71.4 cm³/mol. The zero-order valence-corrected chi connectivity index (χ0v) is 10.9. The van der Waals surface area contributed by atoms with E-state index in [4.69, 9.17) is 15.2 Å². The van der Waals surface area contributed by atoms with Crippen LogP contribution < -0.4 is 20.5 Å². The Morgan fingerprint density at radius 3 is 2.90 bits per heavy atom. The zero-order valence-electron chi connectivity index (χ0n) is 10.9. The summed E-state index contributed by atoms with van der Waals surface area (Å²) >= 11 is 0.